The van der Waals surface area contributed by atoms with E-state index in [1.807, 2.05) is 5.48 Å². The number of carbonyl (C=O) groups excluding carboxylic acids is 1. The zero-order chi connectivity index (χ0) is 25.4. The van der Waals surface area contributed by atoms with Crippen LogP contribution in [0.25, 0.3) is 0 Å². The van der Waals surface area contributed by atoms with Crippen LogP contribution in [0.3, 0.4) is 0 Å². The zero-order valence-corrected chi connectivity index (χ0v) is 19.8. The van der Waals surface area contributed by atoms with Crippen molar-refractivity contribution in [3.8, 4) is 0 Å². The number of benzene rings is 2. The fraction of sp³-hybridized carbons (Fsp3) is 0.250. The highest BCUT2D eigenvalue weighted by Crippen LogP contribution is 2.52. The Balaban J connectivity index is 1.60. The second-order valence-electron chi connectivity index (χ2n) is 8.26. The van der Waals surface area contributed by atoms with Crippen molar-refractivity contribution in [2.45, 2.75) is 37.4 Å². The van der Waals surface area contributed by atoms with Gasteiger partial charge in [0, 0.05) is 33.8 Å². The van der Waals surface area contributed by atoms with E-state index in [0.717, 1.165) is 12.1 Å². The topological polar surface area (TPSA) is 83.5 Å². The highest BCUT2D eigenvalue weighted by Gasteiger charge is 2.65. The van der Waals surface area contributed by atoms with Gasteiger partial charge in [-0.25, -0.2) is 0 Å². The van der Waals surface area contributed by atoms with Gasteiger partial charge in [-0.1, -0.05) is 35.3 Å². The first-order chi connectivity index (χ1) is 16.4. The molecular weight excluding hydrogens is 506 g/mol. The molecule has 1 fully saturated rings. The van der Waals surface area contributed by atoms with Crippen LogP contribution in [0.15, 0.2) is 60.8 Å². The third-order valence-electron chi connectivity index (χ3n) is 5.82. The molecule has 1 aliphatic rings. The first-order valence-electron chi connectivity index (χ1n) is 10.4. The molecule has 0 bridgehead atoms. The molecule has 1 aliphatic heterocycles. The van der Waals surface area contributed by atoms with Crippen molar-refractivity contribution in [2.24, 2.45) is 0 Å². The molecule has 0 aliphatic carbocycles. The van der Waals surface area contributed by atoms with Crippen molar-refractivity contribution in [3.05, 3.63) is 98.8 Å². The van der Waals surface area contributed by atoms with E-state index in [1.165, 1.54) is 24.3 Å². The lowest BCUT2D eigenvalue weighted by atomic mass is 9.82. The van der Waals surface area contributed by atoms with Crippen molar-refractivity contribution in [2.75, 3.05) is 0 Å². The van der Waals surface area contributed by atoms with E-state index in [-0.39, 0.29) is 27.7 Å². The maximum Gasteiger partial charge on any atom is 0.413 e. The van der Waals surface area contributed by atoms with Gasteiger partial charge in [-0.3, -0.25) is 14.6 Å². The fourth-order valence-electron chi connectivity index (χ4n) is 3.98. The molecule has 2 atom stereocenters. The predicted octanol–water partition coefficient (Wildman–Crippen LogP) is 5.15. The van der Waals surface area contributed by atoms with Crippen LogP contribution in [0.1, 0.15) is 39.2 Å². The summed E-state index contributed by atoms with van der Waals surface area (Å²) < 4.78 is 42.9. The molecule has 2 aromatic carbocycles. The molecule has 1 aromatic heterocycles. The van der Waals surface area contributed by atoms with Crippen molar-refractivity contribution in [1.82, 2.24) is 15.8 Å². The largest absolute Gasteiger partial charge is 0.413 e. The summed E-state index contributed by atoms with van der Waals surface area (Å²) in [5.74, 6) is -2.74. The second kappa shape index (κ2) is 9.40. The van der Waals surface area contributed by atoms with Crippen LogP contribution in [-0.2, 0) is 22.7 Å². The van der Waals surface area contributed by atoms with Crippen LogP contribution in [0, 0.1) is 6.92 Å². The predicted molar refractivity (Wildman–Crippen MR) is 124 cm³/mol. The standard InChI is InChI=1S/C24H20Cl2F3N3O3/c1-14-8-15(5-6-20(14)21(33)31-12-19-4-2-3-7-30-19)23(34)13-22(32-35-23,24(27,28)29)16-9-17(25)11-18(26)10-16/h2-11,32,34H,12-13H2,1H3,(H,31,33). The normalized spacial score (nSPS) is 22.3. The summed E-state index contributed by atoms with van der Waals surface area (Å²) in [6.07, 6.45) is -4.17. The second-order valence-corrected chi connectivity index (χ2v) is 9.13. The molecule has 6 nitrogen and oxygen atoms in total. The minimum atomic E-state index is -4.87. The number of aliphatic hydroxyl groups is 1. The molecule has 3 N–H and O–H groups in total. The van der Waals surface area contributed by atoms with Crippen molar-refractivity contribution >= 4 is 29.1 Å². The van der Waals surface area contributed by atoms with Crippen LogP contribution in [-0.4, -0.2) is 22.2 Å². The Labute approximate surface area is 209 Å². The smallest absolute Gasteiger partial charge is 0.361 e. The van der Waals surface area contributed by atoms with E-state index < -0.39 is 29.8 Å². The molecule has 0 spiro atoms. The number of nitrogens with zero attached hydrogens (tertiary/aromatic N) is 1. The van der Waals surface area contributed by atoms with Crippen LogP contribution in [0.5, 0.6) is 0 Å². The van der Waals surface area contributed by atoms with Crippen molar-refractivity contribution in [1.29, 1.82) is 0 Å². The number of halogens is 5. The Morgan fingerprint density at radius 2 is 1.86 bits per heavy atom. The van der Waals surface area contributed by atoms with Crippen molar-refractivity contribution < 1.29 is 27.9 Å². The number of hydroxylamine groups is 1. The molecule has 4 rings (SSSR count). The first-order valence-corrected chi connectivity index (χ1v) is 11.2. The van der Waals surface area contributed by atoms with E-state index in [0.29, 0.717) is 16.8 Å². The number of carbonyl (C=O) groups is 1. The summed E-state index contributed by atoms with van der Waals surface area (Å²) in [6, 6.07) is 13.0. The third kappa shape index (κ3) is 5.00. The number of nitrogens with one attached hydrogen (secondary N) is 2. The van der Waals surface area contributed by atoms with Crippen LogP contribution >= 0.6 is 23.2 Å². The molecule has 0 radical (unpaired) electrons. The molecule has 184 valence electrons. The Morgan fingerprint density at radius 1 is 1.14 bits per heavy atom. The zero-order valence-electron chi connectivity index (χ0n) is 18.3. The Morgan fingerprint density at radius 3 is 2.46 bits per heavy atom. The summed E-state index contributed by atoms with van der Waals surface area (Å²) >= 11 is 11.9. The Bertz CT molecular complexity index is 1240. The van der Waals surface area contributed by atoms with Gasteiger partial charge in [0.05, 0.1) is 12.2 Å². The number of pyridine rings is 1. The molecule has 2 unspecified atom stereocenters. The van der Waals surface area contributed by atoms with Crippen LogP contribution in [0.4, 0.5) is 13.2 Å². The quantitative estimate of drug-likeness (QED) is 0.428. The maximum atomic E-state index is 14.3. The summed E-state index contributed by atoms with van der Waals surface area (Å²) in [5.41, 5.74) is 0.350. The summed E-state index contributed by atoms with van der Waals surface area (Å²) in [5, 5.41) is 13.9. The van der Waals surface area contributed by atoms with Crippen molar-refractivity contribution in [3.63, 3.8) is 0 Å². The number of alkyl halides is 3. The molecule has 2 heterocycles. The monoisotopic (exact) mass is 525 g/mol. The number of hydrogen-bond donors (Lipinski definition) is 3. The van der Waals surface area contributed by atoms with Gasteiger partial charge >= 0.3 is 6.18 Å². The summed E-state index contributed by atoms with van der Waals surface area (Å²) in [4.78, 5) is 21.9. The minimum absolute atomic E-state index is 0.00489. The summed E-state index contributed by atoms with van der Waals surface area (Å²) in [6.45, 7) is 1.81. The summed E-state index contributed by atoms with van der Waals surface area (Å²) in [7, 11) is 0. The highest BCUT2D eigenvalue weighted by molar-refractivity contribution is 6.34. The molecule has 1 amide bonds. The van der Waals surface area contributed by atoms with Gasteiger partial charge in [-0.05, 0) is 60.5 Å². The van der Waals surface area contributed by atoms with Gasteiger partial charge in [-0.15, -0.1) is 0 Å². The van der Waals surface area contributed by atoms with Crippen LogP contribution < -0.4 is 10.8 Å². The molecule has 1 saturated heterocycles. The third-order valence-corrected chi connectivity index (χ3v) is 6.25. The van der Waals surface area contributed by atoms with E-state index in [4.69, 9.17) is 28.0 Å². The average Bonchev–Trinajstić information content (AvgIpc) is 3.18. The number of aromatic nitrogens is 1. The highest BCUT2D eigenvalue weighted by atomic mass is 35.5. The number of amides is 1. The fourth-order valence-corrected chi connectivity index (χ4v) is 4.50. The first kappa shape index (κ1) is 25.4. The molecular formula is C24H20Cl2F3N3O3. The van der Waals surface area contributed by atoms with Gasteiger partial charge in [0.2, 0.25) is 5.79 Å². The van der Waals surface area contributed by atoms with Gasteiger partial charge in [0.1, 0.15) is 0 Å². The average molecular weight is 526 g/mol. The number of hydrogen-bond acceptors (Lipinski definition) is 5. The number of aryl methyl sites for hydroxylation is 1. The minimum Gasteiger partial charge on any atom is -0.361 e. The van der Waals surface area contributed by atoms with Gasteiger partial charge < -0.3 is 10.4 Å². The molecule has 3 aromatic rings. The lowest BCUT2D eigenvalue weighted by Gasteiger charge is -2.31. The van der Waals surface area contributed by atoms with E-state index in [9.17, 15) is 23.1 Å². The molecule has 0 saturated carbocycles. The molecule has 11 heteroatoms. The lowest BCUT2D eigenvalue weighted by molar-refractivity contribution is -0.227. The van der Waals surface area contributed by atoms with E-state index in [2.05, 4.69) is 10.3 Å². The van der Waals surface area contributed by atoms with E-state index >= 15 is 0 Å². The van der Waals surface area contributed by atoms with Gasteiger partial charge in [0.25, 0.3) is 5.91 Å². The van der Waals surface area contributed by atoms with Gasteiger partial charge in [-0.2, -0.15) is 18.7 Å². The number of rotatable bonds is 5. The molecule has 35 heavy (non-hydrogen) atoms. The Kier molecular flexibility index (Phi) is 6.82. The Hall–Kier alpha value is -2.69. The SMILES string of the molecule is Cc1cc(C2(O)CC(c3cc(Cl)cc(Cl)c3)(C(F)(F)F)NO2)ccc1C(=O)NCc1ccccn1. The van der Waals surface area contributed by atoms with E-state index in [1.54, 1.807) is 31.3 Å². The maximum absolute atomic E-state index is 14.3. The lowest BCUT2D eigenvalue weighted by Crippen LogP contribution is -2.49. The van der Waals surface area contributed by atoms with Gasteiger partial charge in [0.15, 0.2) is 5.54 Å². The van der Waals surface area contributed by atoms with Crippen LogP contribution in [0.2, 0.25) is 10.0 Å².